The molecule has 1 aliphatic rings. The molecule has 0 bridgehead atoms. The quantitative estimate of drug-likeness (QED) is 0.721. The van der Waals surface area contributed by atoms with Gasteiger partial charge in [-0.1, -0.05) is 32.9 Å². The fraction of sp³-hybridized carbons (Fsp3) is 0.350. The number of fused-ring (bicyclic) bond motifs is 1. The Hall–Kier alpha value is -2.89. The van der Waals surface area contributed by atoms with Crippen molar-refractivity contribution in [3.8, 4) is 23.1 Å². The fourth-order valence-electron chi connectivity index (χ4n) is 2.98. The van der Waals surface area contributed by atoms with Gasteiger partial charge in [-0.3, -0.25) is 14.5 Å². The maximum absolute atomic E-state index is 5.91. The normalized spacial score (nSPS) is 16.2. The summed E-state index contributed by atoms with van der Waals surface area (Å²) in [5.74, 6) is 0.847. The van der Waals surface area contributed by atoms with E-state index in [1.165, 1.54) is 5.56 Å². The fourth-order valence-corrected chi connectivity index (χ4v) is 2.98. The van der Waals surface area contributed by atoms with Gasteiger partial charge in [-0.2, -0.15) is 0 Å². The molecule has 3 aromatic rings. The summed E-state index contributed by atoms with van der Waals surface area (Å²) in [5.41, 5.74) is 3.12. The number of nitrogens with zero attached hydrogens (tertiary/aromatic N) is 4. The number of ether oxygens (including phenoxy) is 2. The Bertz CT molecular complexity index is 882. The molecule has 0 saturated heterocycles. The van der Waals surface area contributed by atoms with Crippen LogP contribution in [-0.2, 0) is 12.0 Å². The number of benzene rings is 1. The van der Waals surface area contributed by atoms with Crippen molar-refractivity contribution in [2.75, 3.05) is 6.61 Å². The molecule has 0 spiro atoms. The van der Waals surface area contributed by atoms with Crippen molar-refractivity contribution in [1.29, 1.82) is 0 Å². The summed E-state index contributed by atoms with van der Waals surface area (Å²) in [6.45, 7) is 7.75. The van der Waals surface area contributed by atoms with Crippen molar-refractivity contribution in [1.82, 2.24) is 19.5 Å². The van der Waals surface area contributed by atoms with Crippen LogP contribution in [0.5, 0.6) is 11.8 Å². The maximum atomic E-state index is 5.91. The standard InChI is InChI=1S/C20H22N4O2/c1-20(2,3)14-4-6-15(7-5-14)25-13-16-12-24-18(11-23-19(24)26-16)17-10-21-8-9-22-17/h4-11,16H,12-13H2,1-3H3/t16-/m0/s1. The molecule has 0 saturated carbocycles. The van der Waals surface area contributed by atoms with Gasteiger partial charge >= 0.3 is 0 Å². The monoisotopic (exact) mass is 350 g/mol. The third-order valence-corrected chi connectivity index (χ3v) is 4.46. The Balaban J connectivity index is 1.40. The molecule has 0 unspecified atom stereocenters. The van der Waals surface area contributed by atoms with Crippen LogP contribution < -0.4 is 9.47 Å². The Labute approximate surface area is 152 Å². The highest BCUT2D eigenvalue weighted by Gasteiger charge is 2.27. The average molecular weight is 350 g/mol. The lowest BCUT2D eigenvalue weighted by Gasteiger charge is -2.19. The van der Waals surface area contributed by atoms with Gasteiger partial charge < -0.3 is 9.47 Å². The van der Waals surface area contributed by atoms with Gasteiger partial charge in [-0.05, 0) is 23.1 Å². The highest BCUT2D eigenvalue weighted by atomic mass is 16.6. The molecule has 2 aromatic heterocycles. The summed E-state index contributed by atoms with van der Waals surface area (Å²) in [4.78, 5) is 12.8. The molecule has 1 aliphatic heterocycles. The first-order valence-corrected chi connectivity index (χ1v) is 8.72. The number of imidazole rings is 1. The molecule has 0 amide bonds. The van der Waals surface area contributed by atoms with Crippen LogP contribution in [0.3, 0.4) is 0 Å². The zero-order chi connectivity index (χ0) is 18.1. The second kappa shape index (κ2) is 6.44. The highest BCUT2D eigenvalue weighted by Crippen LogP contribution is 2.29. The van der Waals surface area contributed by atoms with Crippen LogP contribution in [0.2, 0.25) is 0 Å². The first-order chi connectivity index (χ1) is 12.5. The van der Waals surface area contributed by atoms with Crippen molar-refractivity contribution in [2.24, 2.45) is 0 Å². The van der Waals surface area contributed by atoms with Gasteiger partial charge in [0.2, 0.25) is 0 Å². The van der Waals surface area contributed by atoms with Gasteiger partial charge in [0.15, 0.2) is 6.10 Å². The number of aromatic nitrogens is 4. The summed E-state index contributed by atoms with van der Waals surface area (Å²) in [6.07, 6.45) is 6.75. The SMILES string of the molecule is CC(C)(C)c1ccc(OC[C@@H]2Cn3c(-c4cnccn4)cnc3O2)cc1. The molecule has 6 heteroatoms. The molecule has 26 heavy (non-hydrogen) atoms. The van der Waals surface area contributed by atoms with Crippen LogP contribution in [0.1, 0.15) is 26.3 Å². The largest absolute Gasteiger partial charge is 0.490 e. The summed E-state index contributed by atoms with van der Waals surface area (Å²) >= 11 is 0. The minimum absolute atomic E-state index is 0.0728. The third kappa shape index (κ3) is 3.27. The zero-order valence-corrected chi connectivity index (χ0v) is 15.2. The predicted octanol–water partition coefficient (Wildman–Crippen LogP) is 3.48. The lowest BCUT2D eigenvalue weighted by Crippen LogP contribution is -2.23. The van der Waals surface area contributed by atoms with Gasteiger partial charge in [-0.15, -0.1) is 0 Å². The smallest absolute Gasteiger partial charge is 0.297 e. The second-order valence-corrected chi connectivity index (χ2v) is 7.45. The van der Waals surface area contributed by atoms with Gasteiger partial charge in [0, 0.05) is 12.4 Å². The van der Waals surface area contributed by atoms with Crippen LogP contribution in [0, 0.1) is 0 Å². The Morgan fingerprint density at radius 1 is 1.12 bits per heavy atom. The summed E-state index contributed by atoms with van der Waals surface area (Å²) in [7, 11) is 0. The van der Waals surface area contributed by atoms with Gasteiger partial charge in [0.05, 0.1) is 24.6 Å². The average Bonchev–Trinajstić information content (AvgIpc) is 3.20. The van der Waals surface area contributed by atoms with E-state index < -0.39 is 0 Å². The minimum Gasteiger partial charge on any atom is -0.490 e. The van der Waals surface area contributed by atoms with Crippen molar-refractivity contribution in [3.63, 3.8) is 0 Å². The molecule has 0 aliphatic carbocycles. The Kier molecular flexibility index (Phi) is 4.11. The van der Waals surface area contributed by atoms with Gasteiger partial charge in [-0.25, -0.2) is 4.98 Å². The molecular formula is C20H22N4O2. The summed E-state index contributed by atoms with van der Waals surface area (Å²) in [5, 5.41) is 0. The van der Waals surface area contributed by atoms with Crippen molar-refractivity contribution < 1.29 is 9.47 Å². The van der Waals surface area contributed by atoms with E-state index in [9.17, 15) is 0 Å². The molecule has 1 aromatic carbocycles. The highest BCUT2D eigenvalue weighted by molar-refractivity contribution is 5.53. The Morgan fingerprint density at radius 3 is 2.62 bits per heavy atom. The molecule has 0 N–H and O–H groups in total. The van der Waals surface area contributed by atoms with Crippen LogP contribution in [0.4, 0.5) is 0 Å². The number of hydrogen-bond acceptors (Lipinski definition) is 5. The van der Waals surface area contributed by atoms with E-state index in [0.717, 1.165) is 17.1 Å². The first-order valence-electron chi connectivity index (χ1n) is 8.72. The van der Waals surface area contributed by atoms with Crippen LogP contribution in [0.15, 0.2) is 49.1 Å². The molecule has 3 heterocycles. The predicted molar refractivity (Wildman–Crippen MR) is 98.3 cm³/mol. The molecule has 134 valence electrons. The number of rotatable bonds is 4. The van der Waals surface area contributed by atoms with E-state index in [1.807, 2.05) is 16.7 Å². The zero-order valence-electron chi connectivity index (χ0n) is 15.2. The second-order valence-electron chi connectivity index (χ2n) is 7.45. The van der Waals surface area contributed by atoms with Crippen LogP contribution in [0.25, 0.3) is 11.4 Å². The van der Waals surface area contributed by atoms with Crippen molar-refractivity contribution in [2.45, 2.75) is 38.8 Å². The minimum atomic E-state index is -0.0728. The van der Waals surface area contributed by atoms with Crippen LogP contribution >= 0.6 is 0 Å². The molecule has 4 rings (SSSR count). The number of hydrogen-bond donors (Lipinski definition) is 0. The van der Waals surface area contributed by atoms with Crippen molar-refractivity contribution >= 4 is 0 Å². The van der Waals surface area contributed by atoms with E-state index in [4.69, 9.17) is 9.47 Å². The molecule has 0 fully saturated rings. The van der Waals surface area contributed by atoms with E-state index in [0.29, 0.717) is 19.2 Å². The van der Waals surface area contributed by atoms with Gasteiger partial charge in [0.25, 0.3) is 6.01 Å². The third-order valence-electron chi connectivity index (χ3n) is 4.46. The van der Waals surface area contributed by atoms with E-state index in [2.05, 4.69) is 47.9 Å². The van der Waals surface area contributed by atoms with Gasteiger partial charge in [0.1, 0.15) is 18.1 Å². The van der Waals surface area contributed by atoms with E-state index in [-0.39, 0.29) is 11.5 Å². The first kappa shape index (κ1) is 16.6. The van der Waals surface area contributed by atoms with Crippen LogP contribution in [-0.4, -0.2) is 32.2 Å². The maximum Gasteiger partial charge on any atom is 0.297 e. The summed E-state index contributed by atoms with van der Waals surface area (Å²) < 4.78 is 13.8. The summed E-state index contributed by atoms with van der Waals surface area (Å²) in [6, 6.07) is 8.85. The lowest BCUT2D eigenvalue weighted by molar-refractivity contribution is 0.143. The molecule has 6 nitrogen and oxygen atoms in total. The molecule has 1 atom stereocenters. The van der Waals surface area contributed by atoms with Crippen molar-refractivity contribution in [3.05, 3.63) is 54.6 Å². The lowest BCUT2D eigenvalue weighted by atomic mass is 9.87. The Morgan fingerprint density at radius 2 is 1.92 bits per heavy atom. The van der Waals surface area contributed by atoms with E-state index >= 15 is 0 Å². The molecule has 0 radical (unpaired) electrons. The topological polar surface area (TPSA) is 62.1 Å². The van der Waals surface area contributed by atoms with E-state index in [1.54, 1.807) is 24.8 Å². The molecular weight excluding hydrogens is 328 g/mol.